The van der Waals surface area contributed by atoms with E-state index in [1.54, 1.807) is 6.20 Å². The molecule has 0 bridgehead atoms. The van der Waals surface area contributed by atoms with Crippen LogP contribution in [0.15, 0.2) is 48.8 Å². The lowest BCUT2D eigenvalue weighted by Gasteiger charge is -2.15. The number of benzene rings is 1. The van der Waals surface area contributed by atoms with Crippen LogP contribution in [0.1, 0.15) is 36.9 Å². The number of hydrogen-bond donors (Lipinski definition) is 2. The number of rotatable bonds is 6. The molecule has 22 heavy (non-hydrogen) atoms. The third-order valence-corrected chi connectivity index (χ3v) is 3.96. The Balaban J connectivity index is 1.53. The number of anilines is 1. The summed E-state index contributed by atoms with van der Waals surface area (Å²) in [6.45, 7) is 2.92. The molecule has 1 fully saturated rings. The molecule has 2 aromatic rings. The monoisotopic (exact) mass is 295 g/mol. The van der Waals surface area contributed by atoms with Gasteiger partial charge in [-0.2, -0.15) is 0 Å². The molecule has 0 spiro atoms. The largest absolute Gasteiger partial charge is 0.326 e. The van der Waals surface area contributed by atoms with Crippen molar-refractivity contribution >= 4 is 11.6 Å². The summed E-state index contributed by atoms with van der Waals surface area (Å²) in [4.78, 5) is 15.8. The van der Waals surface area contributed by atoms with Crippen molar-refractivity contribution in [2.45, 2.75) is 32.4 Å². The number of pyridine rings is 1. The van der Waals surface area contributed by atoms with E-state index in [9.17, 15) is 4.79 Å². The normalized spacial score (nSPS) is 15.3. The van der Waals surface area contributed by atoms with Gasteiger partial charge in [-0.05, 0) is 49.1 Å². The van der Waals surface area contributed by atoms with Crippen LogP contribution in [0.4, 0.5) is 5.69 Å². The fraction of sp³-hybridized carbons (Fsp3) is 0.333. The summed E-state index contributed by atoms with van der Waals surface area (Å²) < 4.78 is 0. The second kappa shape index (κ2) is 6.71. The third-order valence-electron chi connectivity index (χ3n) is 3.96. The molecule has 0 aliphatic heterocycles. The Bertz CT molecular complexity index is 621. The van der Waals surface area contributed by atoms with E-state index in [4.69, 9.17) is 0 Å². The molecular weight excluding hydrogens is 274 g/mol. The average Bonchev–Trinajstić information content (AvgIpc) is 3.39. The average molecular weight is 295 g/mol. The Morgan fingerprint density at radius 3 is 2.68 bits per heavy atom. The molecule has 2 N–H and O–H groups in total. The maximum Gasteiger partial charge on any atom is 0.227 e. The number of carbonyl (C=O) groups is 1. The van der Waals surface area contributed by atoms with Gasteiger partial charge in [-0.1, -0.05) is 18.2 Å². The molecule has 1 unspecified atom stereocenters. The second-order valence-electron chi connectivity index (χ2n) is 5.85. The van der Waals surface area contributed by atoms with E-state index in [-0.39, 0.29) is 17.9 Å². The Kier molecular flexibility index (Phi) is 4.49. The fourth-order valence-electron chi connectivity index (χ4n) is 2.34. The summed E-state index contributed by atoms with van der Waals surface area (Å²) in [7, 11) is 0. The zero-order chi connectivity index (χ0) is 15.4. The summed E-state index contributed by atoms with van der Waals surface area (Å²) >= 11 is 0. The van der Waals surface area contributed by atoms with Crippen LogP contribution in [0.5, 0.6) is 0 Å². The van der Waals surface area contributed by atoms with Crippen LogP contribution in [0.3, 0.4) is 0 Å². The molecule has 1 aliphatic rings. The van der Waals surface area contributed by atoms with Crippen molar-refractivity contribution in [2.24, 2.45) is 5.92 Å². The van der Waals surface area contributed by atoms with Gasteiger partial charge in [-0.25, -0.2) is 0 Å². The molecular formula is C18H21N3O. The highest BCUT2D eigenvalue weighted by Gasteiger charge is 2.29. The first-order chi connectivity index (χ1) is 10.7. The van der Waals surface area contributed by atoms with Crippen molar-refractivity contribution in [1.29, 1.82) is 0 Å². The second-order valence-corrected chi connectivity index (χ2v) is 5.85. The van der Waals surface area contributed by atoms with Crippen LogP contribution in [0, 0.1) is 5.92 Å². The van der Waals surface area contributed by atoms with Crippen molar-refractivity contribution in [2.75, 3.05) is 5.32 Å². The molecule has 114 valence electrons. The predicted molar refractivity (Wildman–Crippen MR) is 87.3 cm³/mol. The van der Waals surface area contributed by atoms with Crippen molar-refractivity contribution in [3.8, 4) is 0 Å². The van der Waals surface area contributed by atoms with E-state index in [2.05, 4.69) is 40.7 Å². The molecule has 1 atom stereocenters. The Labute approximate surface area is 131 Å². The maximum absolute atomic E-state index is 11.7. The van der Waals surface area contributed by atoms with Gasteiger partial charge in [0.2, 0.25) is 5.91 Å². The Morgan fingerprint density at radius 1 is 1.27 bits per heavy atom. The van der Waals surface area contributed by atoms with E-state index >= 15 is 0 Å². The number of carbonyl (C=O) groups excluding carboxylic acids is 1. The van der Waals surface area contributed by atoms with Gasteiger partial charge in [0, 0.05) is 36.6 Å². The van der Waals surface area contributed by atoms with Gasteiger partial charge >= 0.3 is 0 Å². The number of aromatic nitrogens is 1. The first-order valence-electron chi connectivity index (χ1n) is 7.75. The minimum absolute atomic E-state index is 0.149. The van der Waals surface area contributed by atoms with Crippen LogP contribution < -0.4 is 10.6 Å². The molecule has 1 aromatic heterocycles. The standard InChI is InChI=1S/C18H21N3O/c1-13(20-12-14-3-2-10-19-11-14)15-6-8-17(9-7-15)21-18(22)16-4-5-16/h2-3,6-11,13,16,20H,4-5,12H2,1H3,(H,21,22). The van der Waals surface area contributed by atoms with E-state index in [1.807, 2.05) is 24.4 Å². The highest BCUT2D eigenvalue weighted by atomic mass is 16.2. The quantitative estimate of drug-likeness (QED) is 0.860. The van der Waals surface area contributed by atoms with E-state index in [0.717, 1.165) is 25.1 Å². The minimum atomic E-state index is 0.149. The molecule has 1 aromatic carbocycles. The Morgan fingerprint density at radius 2 is 2.05 bits per heavy atom. The highest BCUT2D eigenvalue weighted by Crippen LogP contribution is 2.30. The van der Waals surface area contributed by atoms with Gasteiger partial charge in [0.25, 0.3) is 0 Å². The van der Waals surface area contributed by atoms with Crippen molar-refractivity contribution < 1.29 is 4.79 Å². The summed E-state index contributed by atoms with van der Waals surface area (Å²) in [6.07, 6.45) is 5.70. The first kappa shape index (κ1) is 14.7. The summed E-state index contributed by atoms with van der Waals surface area (Å²) in [5.74, 6) is 0.384. The minimum Gasteiger partial charge on any atom is -0.326 e. The fourth-order valence-corrected chi connectivity index (χ4v) is 2.34. The zero-order valence-corrected chi connectivity index (χ0v) is 12.8. The number of hydrogen-bond acceptors (Lipinski definition) is 3. The van der Waals surface area contributed by atoms with Gasteiger partial charge in [-0.15, -0.1) is 0 Å². The van der Waals surface area contributed by atoms with Gasteiger partial charge in [0.15, 0.2) is 0 Å². The van der Waals surface area contributed by atoms with Crippen LogP contribution >= 0.6 is 0 Å². The number of nitrogens with one attached hydrogen (secondary N) is 2. The Hall–Kier alpha value is -2.20. The molecule has 0 saturated heterocycles. The number of nitrogens with zero attached hydrogens (tertiary/aromatic N) is 1. The van der Waals surface area contributed by atoms with Gasteiger partial charge in [-0.3, -0.25) is 9.78 Å². The molecule has 1 aliphatic carbocycles. The van der Waals surface area contributed by atoms with Gasteiger partial charge in [0.05, 0.1) is 0 Å². The molecule has 3 rings (SSSR count). The molecule has 4 heteroatoms. The van der Waals surface area contributed by atoms with Gasteiger partial charge < -0.3 is 10.6 Å². The SMILES string of the molecule is CC(NCc1cccnc1)c1ccc(NC(=O)C2CC2)cc1. The topological polar surface area (TPSA) is 54.0 Å². The van der Waals surface area contributed by atoms with Crippen molar-refractivity contribution in [3.63, 3.8) is 0 Å². The predicted octanol–water partition coefficient (Wildman–Crippen LogP) is 3.28. The van der Waals surface area contributed by atoms with Crippen molar-refractivity contribution in [1.82, 2.24) is 10.3 Å². The third kappa shape index (κ3) is 3.92. The van der Waals surface area contributed by atoms with E-state index in [1.165, 1.54) is 11.1 Å². The van der Waals surface area contributed by atoms with Gasteiger partial charge in [0.1, 0.15) is 0 Å². The van der Waals surface area contributed by atoms with Crippen LogP contribution in [0.2, 0.25) is 0 Å². The molecule has 1 amide bonds. The molecule has 0 radical (unpaired) electrons. The maximum atomic E-state index is 11.7. The summed E-state index contributed by atoms with van der Waals surface area (Å²) in [5, 5.41) is 6.44. The van der Waals surface area contributed by atoms with Crippen LogP contribution in [-0.4, -0.2) is 10.9 Å². The van der Waals surface area contributed by atoms with Crippen LogP contribution in [-0.2, 0) is 11.3 Å². The zero-order valence-electron chi connectivity index (χ0n) is 12.8. The van der Waals surface area contributed by atoms with E-state index < -0.39 is 0 Å². The summed E-state index contributed by atoms with van der Waals surface area (Å²) in [6, 6.07) is 12.3. The molecule has 1 heterocycles. The van der Waals surface area contributed by atoms with Crippen molar-refractivity contribution in [3.05, 3.63) is 59.9 Å². The number of amides is 1. The lowest BCUT2D eigenvalue weighted by molar-refractivity contribution is -0.117. The lowest BCUT2D eigenvalue weighted by Crippen LogP contribution is -2.18. The molecule has 1 saturated carbocycles. The highest BCUT2D eigenvalue weighted by molar-refractivity contribution is 5.93. The molecule has 4 nitrogen and oxygen atoms in total. The van der Waals surface area contributed by atoms with Crippen LogP contribution in [0.25, 0.3) is 0 Å². The first-order valence-corrected chi connectivity index (χ1v) is 7.75. The lowest BCUT2D eigenvalue weighted by atomic mass is 10.1. The smallest absolute Gasteiger partial charge is 0.227 e. The van der Waals surface area contributed by atoms with E-state index in [0.29, 0.717) is 0 Å². The summed E-state index contributed by atoms with van der Waals surface area (Å²) in [5.41, 5.74) is 3.25.